The molecule has 17 heavy (non-hydrogen) atoms. The molecular weight excluding hydrogens is 232 g/mol. The van der Waals surface area contributed by atoms with Gasteiger partial charge in [0.15, 0.2) is 0 Å². The third kappa shape index (κ3) is 2.87. The SMILES string of the molecule is CCOC(CC)(CC)c1nc(C)c(C(C)N)s1. The van der Waals surface area contributed by atoms with Crippen LogP contribution < -0.4 is 5.73 Å². The molecule has 3 nitrogen and oxygen atoms in total. The molecule has 0 aliphatic rings. The molecule has 98 valence electrons. The van der Waals surface area contributed by atoms with E-state index in [1.165, 1.54) is 4.88 Å². The molecule has 0 spiro atoms. The van der Waals surface area contributed by atoms with Crippen LogP contribution in [-0.4, -0.2) is 11.6 Å². The summed E-state index contributed by atoms with van der Waals surface area (Å²) in [7, 11) is 0. The van der Waals surface area contributed by atoms with Crippen molar-refractivity contribution in [3.05, 3.63) is 15.6 Å². The lowest BCUT2D eigenvalue weighted by atomic mass is 9.98. The fraction of sp³-hybridized carbons (Fsp3) is 0.769. The molecule has 1 rings (SSSR count). The van der Waals surface area contributed by atoms with Crippen molar-refractivity contribution >= 4 is 11.3 Å². The van der Waals surface area contributed by atoms with Gasteiger partial charge < -0.3 is 10.5 Å². The molecule has 0 fully saturated rings. The molecule has 0 amide bonds. The number of aromatic nitrogens is 1. The second kappa shape index (κ2) is 5.94. The fourth-order valence-corrected chi connectivity index (χ4v) is 3.42. The molecule has 0 bridgehead atoms. The molecule has 0 aliphatic carbocycles. The van der Waals surface area contributed by atoms with E-state index in [1.807, 2.05) is 20.8 Å². The van der Waals surface area contributed by atoms with Crippen LogP contribution in [0.5, 0.6) is 0 Å². The average Bonchev–Trinajstić information content (AvgIpc) is 2.69. The summed E-state index contributed by atoms with van der Waals surface area (Å²) >= 11 is 1.70. The van der Waals surface area contributed by atoms with Gasteiger partial charge in [0, 0.05) is 17.5 Å². The van der Waals surface area contributed by atoms with Crippen LogP contribution >= 0.6 is 11.3 Å². The Bertz CT molecular complexity index is 356. The molecule has 0 saturated carbocycles. The first-order valence-corrected chi connectivity index (χ1v) is 7.19. The van der Waals surface area contributed by atoms with Crippen LogP contribution in [0, 0.1) is 6.92 Å². The number of hydrogen-bond acceptors (Lipinski definition) is 4. The average molecular weight is 256 g/mol. The topological polar surface area (TPSA) is 48.1 Å². The third-order valence-electron chi connectivity index (χ3n) is 3.20. The van der Waals surface area contributed by atoms with Gasteiger partial charge in [-0.1, -0.05) is 13.8 Å². The minimum absolute atomic E-state index is 0.0503. The van der Waals surface area contributed by atoms with Gasteiger partial charge in [0.05, 0.1) is 5.69 Å². The normalized spacial score (nSPS) is 14.0. The molecule has 1 aromatic heterocycles. The monoisotopic (exact) mass is 256 g/mol. The largest absolute Gasteiger partial charge is 0.368 e. The summed E-state index contributed by atoms with van der Waals surface area (Å²) in [6, 6.07) is 0.0503. The van der Waals surface area contributed by atoms with Crippen molar-refractivity contribution < 1.29 is 4.74 Å². The lowest BCUT2D eigenvalue weighted by Gasteiger charge is -2.29. The summed E-state index contributed by atoms with van der Waals surface area (Å²) in [5.74, 6) is 0. The van der Waals surface area contributed by atoms with Gasteiger partial charge in [-0.3, -0.25) is 0 Å². The van der Waals surface area contributed by atoms with Crippen molar-refractivity contribution in [3.8, 4) is 0 Å². The van der Waals surface area contributed by atoms with Gasteiger partial charge in [-0.05, 0) is 33.6 Å². The van der Waals surface area contributed by atoms with Gasteiger partial charge in [-0.15, -0.1) is 11.3 Å². The number of nitrogens with two attached hydrogens (primary N) is 1. The van der Waals surface area contributed by atoms with Crippen molar-refractivity contribution in [2.75, 3.05) is 6.61 Å². The van der Waals surface area contributed by atoms with Crippen LogP contribution in [-0.2, 0) is 10.3 Å². The van der Waals surface area contributed by atoms with E-state index in [0.717, 1.165) is 23.5 Å². The maximum absolute atomic E-state index is 5.97. The molecule has 0 aromatic carbocycles. The predicted molar refractivity (Wildman–Crippen MR) is 73.3 cm³/mol. The van der Waals surface area contributed by atoms with E-state index < -0.39 is 0 Å². The van der Waals surface area contributed by atoms with E-state index in [9.17, 15) is 0 Å². The molecule has 4 heteroatoms. The summed E-state index contributed by atoms with van der Waals surface area (Å²) in [5, 5.41) is 1.08. The Labute approximate surface area is 108 Å². The minimum atomic E-state index is -0.225. The number of rotatable bonds is 6. The van der Waals surface area contributed by atoms with Gasteiger partial charge in [0.1, 0.15) is 10.6 Å². The van der Waals surface area contributed by atoms with Crippen LogP contribution in [0.1, 0.15) is 62.2 Å². The van der Waals surface area contributed by atoms with E-state index >= 15 is 0 Å². The highest BCUT2D eigenvalue weighted by molar-refractivity contribution is 7.12. The Hall–Kier alpha value is -0.450. The van der Waals surface area contributed by atoms with E-state index in [1.54, 1.807) is 11.3 Å². The molecule has 1 heterocycles. The maximum atomic E-state index is 5.97. The molecule has 1 unspecified atom stereocenters. The lowest BCUT2D eigenvalue weighted by molar-refractivity contribution is -0.0507. The van der Waals surface area contributed by atoms with Crippen molar-refractivity contribution in [2.45, 2.75) is 59.1 Å². The van der Waals surface area contributed by atoms with Gasteiger partial charge in [-0.25, -0.2) is 4.98 Å². The summed E-state index contributed by atoms with van der Waals surface area (Å²) < 4.78 is 5.97. The van der Waals surface area contributed by atoms with Crippen LogP contribution in [0.15, 0.2) is 0 Å². The van der Waals surface area contributed by atoms with Crippen molar-refractivity contribution in [2.24, 2.45) is 5.73 Å². The van der Waals surface area contributed by atoms with Crippen molar-refractivity contribution in [3.63, 3.8) is 0 Å². The molecule has 0 saturated heterocycles. The van der Waals surface area contributed by atoms with Crippen molar-refractivity contribution in [1.29, 1.82) is 0 Å². The lowest BCUT2D eigenvalue weighted by Crippen LogP contribution is -2.28. The van der Waals surface area contributed by atoms with Crippen LogP contribution in [0.25, 0.3) is 0 Å². The van der Waals surface area contributed by atoms with Gasteiger partial charge >= 0.3 is 0 Å². The third-order valence-corrected chi connectivity index (χ3v) is 4.74. The van der Waals surface area contributed by atoms with Crippen LogP contribution in [0.2, 0.25) is 0 Å². The second-order valence-electron chi connectivity index (χ2n) is 4.39. The highest BCUT2D eigenvalue weighted by Gasteiger charge is 2.33. The molecule has 0 radical (unpaired) electrons. The first-order valence-electron chi connectivity index (χ1n) is 6.38. The van der Waals surface area contributed by atoms with Gasteiger partial charge in [-0.2, -0.15) is 0 Å². The molecule has 1 atom stereocenters. The smallest absolute Gasteiger partial charge is 0.125 e. The summed E-state index contributed by atoms with van der Waals surface area (Å²) in [4.78, 5) is 5.85. The summed E-state index contributed by atoms with van der Waals surface area (Å²) in [6.07, 6.45) is 1.89. The zero-order valence-electron chi connectivity index (χ0n) is 11.5. The Balaban J connectivity index is 3.15. The Kier molecular flexibility index (Phi) is 5.10. The Morgan fingerprint density at radius 2 is 1.94 bits per heavy atom. The Morgan fingerprint density at radius 3 is 2.29 bits per heavy atom. The highest BCUT2D eigenvalue weighted by atomic mass is 32.1. The van der Waals surface area contributed by atoms with Crippen LogP contribution in [0.3, 0.4) is 0 Å². The van der Waals surface area contributed by atoms with E-state index in [0.29, 0.717) is 6.61 Å². The molecule has 0 aliphatic heterocycles. The maximum Gasteiger partial charge on any atom is 0.125 e. The number of thiazole rings is 1. The highest BCUT2D eigenvalue weighted by Crippen LogP contribution is 2.38. The zero-order valence-corrected chi connectivity index (χ0v) is 12.4. The van der Waals surface area contributed by atoms with Crippen molar-refractivity contribution in [1.82, 2.24) is 4.98 Å². The molecule has 1 aromatic rings. The first-order chi connectivity index (χ1) is 8.00. The number of aryl methyl sites for hydroxylation is 1. The quantitative estimate of drug-likeness (QED) is 0.847. The number of hydrogen-bond donors (Lipinski definition) is 1. The minimum Gasteiger partial charge on any atom is -0.368 e. The van der Waals surface area contributed by atoms with E-state index in [4.69, 9.17) is 10.5 Å². The molecule has 2 N–H and O–H groups in total. The van der Waals surface area contributed by atoms with E-state index in [-0.39, 0.29) is 11.6 Å². The van der Waals surface area contributed by atoms with E-state index in [2.05, 4.69) is 18.8 Å². The number of ether oxygens (including phenoxy) is 1. The van der Waals surface area contributed by atoms with Crippen LogP contribution in [0.4, 0.5) is 0 Å². The zero-order chi connectivity index (χ0) is 13.1. The standard InChI is InChI=1S/C13H24N2OS/c1-6-13(7-2,16-8-3)12-15-10(5)11(17-12)9(4)14/h9H,6-8,14H2,1-5H3. The Morgan fingerprint density at radius 1 is 1.35 bits per heavy atom. The molecular formula is C13H24N2OS. The number of nitrogens with zero attached hydrogens (tertiary/aromatic N) is 1. The fourth-order valence-electron chi connectivity index (χ4n) is 2.12. The van der Waals surface area contributed by atoms with Gasteiger partial charge in [0.2, 0.25) is 0 Å². The van der Waals surface area contributed by atoms with Gasteiger partial charge in [0.25, 0.3) is 0 Å². The second-order valence-corrected chi connectivity index (χ2v) is 5.42. The summed E-state index contributed by atoms with van der Waals surface area (Å²) in [6.45, 7) is 11.1. The summed E-state index contributed by atoms with van der Waals surface area (Å²) in [5.41, 5.74) is 6.78. The first kappa shape index (κ1) is 14.6. The predicted octanol–water partition coefficient (Wildman–Crippen LogP) is 3.52.